The SMILES string of the molecule is O[B]Oc1c(F)cc(F)cc1F. The van der Waals surface area contributed by atoms with Crippen LogP contribution in [0.2, 0.25) is 0 Å². The average Bonchev–Trinajstić information content (AvgIpc) is 1.96. The van der Waals surface area contributed by atoms with Crippen molar-refractivity contribution < 1.29 is 22.8 Å². The van der Waals surface area contributed by atoms with E-state index in [4.69, 9.17) is 5.02 Å². The zero-order chi connectivity index (χ0) is 9.14. The molecule has 0 saturated carbocycles. The highest BCUT2D eigenvalue weighted by Crippen LogP contribution is 2.21. The molecule has 0 aliphatic heterocycles. The summed E-state index contributed by atoms with van der Waals surface area (Å²) in [6.07, 6.45) is 0. The Hall–Kier alpha value is -1.17. The van der Waals surface area contributed by atoms with Crippen molar-refractivity contribution in [2.24, 2.45) is 0 Å². The largest absolute Gasteiger partial charge is 0.569 e. The molecule has 0 saturated heterocycles. The van der Waals surface area contributed by atoms with Gasteiger partial charge >= 0.3 is 7.69 Å². The summed E-state index contributed by atoms with van der Waals surface area (Å²) >= 11 is 0. The van der Waals surface area contributed by atoms with Crippen LogP contribution in [-0.2, 0) is 0 Å². The first kappa shape index (κ1) is 8.93. The Morgan fingerprint density at radius 2 is 1.67 bits per heavy atom. The first-order chi connectivity index (χ1) is 5.65. The maximum Gasteiger partial charge on any atom is 0.569 e. The lowest BCUT2D eigenvalue weighted by molar-refractivity contribution is 0.402. The zero-order valence-electron chi connectivity index (χ0n) is 5.72. The second-order valence-electron chi connectivity index (χ2n) is 1.92. The van der Waals surface area contributed by atoms with Crippen LogP contribution in [0.4, 0.5) is 13.2 Å². The molecule has 12 heavy (non-hydrogen) atoms. The Kier molecular flexibility index (Phi) is 2.60. The fourth-order valence-electron chi connectivity index (χ4n) is 0.694. The van der Waals surface area contributed by atoms with Crippen LogP contribution in [-0.4, -0.2) is 12.7 Å². The van der Waals surface area contributed by atoms with E-state index in [9.17, 15) is 13.2 Å². The fourth-order valence-corrected chi connectivity index (χ4v) is 0.694. The van der Waals surface area contributed by atoms with E-state index in [1.165, 1.54) is 0 Å². The molecule has 63 valence electrons. The molecule has 2 nitrogen and oxygen atoms in total. The molecule has 0 fully saturated rings. The van der Waals surface area contributed by atoms with Crippen LogP contribution in [0.15, 0.2) is 12.1 Å². The van der Waals surface area contributed by atoms with Crippen molar-refractivity contribution in [1.82, 2.24) is 0 Å². The van der Waals surface area contributed by atoms with Gasteiger partial charge in [0, 0.05) is 12.1 Å². The molecule has 0 aromatic heterocycles. The Morgan fingerprint density at radius 1 is 1.17 bits per heavy atom. The second-order valence-corrected chi connectivity index (χ2v) is 1.92. The van der Waals surface area contributed by atoms with Gasteiger partial charge in [-0.1, -0.05) is 0 Å². The number of rotatable bonds is 2. The lowest BCUT2D eigenvalue weighted by Crippen LogP contribution is -2.04. The van der Waals surface area contributed by atoms with E-state index in [0.29, 0.717) is 12.1 Å². The summed E-state index contributed by atoms with van der Waals surface area (Å²) in [6, 6.07) is 0.893. The summed E-state index contributed by atoms with van der Waals surface area (Å²) in [4.78, 5) is 0. The first-order valence-electron chi connectivity index (χ1n) is 2.92. The van der Waals surface area contributed by atoms with Gasteiger partial charge in [-0.2, -0.15) is 0 Å². The lowest BCUT2D eigenvalue weighted by Gasteiger charge is -2.03. The predicted octanol–water partition coefficient (Wildman–Crippen LogP) is 1.01. The quantitative estimate of drug-likeness (QED) is 0.679. The first-order valence-corrected chi connectivity index (χ1v) is 2.92. The van der Waals surface area contributed by atoms with Crippen molar-refractivity contribution in [3.63, 3.8) is 0 Å². The van der Waals surface area contributed by atoms with Gasteiger partial charge in [-0.3, -0.25) is 0 Å². The van der Waals surface area contributed by atoms with Crippen molar-refractivity contribution in [2.45, 2.75) is 0 Å². The molecule has 0 aliphatic rings. The van der Waals surface area contributed by atoms with Crippen molar-refractivity contribution in [3.05, 3.63) is 29.6 Å². The van der Waals surface area contributed by atoms with Crippen LogP contribution in [0.25, 0.3) is 0 Å². The molecule has 1 rings (SSSR count). The standard InChI is InChI=1S/C6H3BF3O2/c8-3-1-4(9)6(12-7-11)5(10)2-3/h1-2,11H. The van der Waals surface area contributed by atoms with E-state index in [0.717, 1.165) is 0 Å². The van der Waals surface area contributed by atoms with E-state index in [-0.39, 0.29) is 7.69 Å². The highest BCUT2D eigenvalue weighted by molar-refractivity contribution is 6.17. The Bertz CT molecular complexity index is 269. The molecule has 0 bridgehead atoms. The third-order valence-electron chi connectivity index (χ3n) is 1.13. The van der Waals surface area contributed by atoms with Crippen LogP contribution in [0.3, 0.4) is 0 Å². The molecular formula is C6H3BF3O2. The second kappa shape index (κ2) is 3.49. The van der Waals surface area contributed by atoms with Gasteiger partial charge in [-0.05, 0) is 0 Å². The maximum atomic E-state index is 12.6. The van der Waals surface area contributed by atoms with Crippen molar-refractivity contribution in [2.75, 3.05) is 0 Å². The third kappa shape index (κ3) is 1.71. The highest BCUT2D eigenvalue weighted by Gasteiger charge is 2.12. The van der Waals surface area contributed by atoms with E-state index in [1.54, 1.807) is 0 Å². The van der Waals surface area contributed by atoms with Gasteiger partial charge in [0.1, 0.15) is 5.82 Å². The number of benzene rings is 1. The van der Waals surface area contributed by atoms with Gasteiger partial charge in [0.2, 0.25) is 0 Å². The molecule has 1 aromatic carbocycles. The summed E-state index contributed by atoms with van der Waals surface area (Å²) in [7, 11) is 0.111. The van der Waals surface area contributed by atoms with Gasteiger partial charge in [-0.25, -0.2) is 13.2 Å². The smallest absolute Gasteiger partial charge is 0.533 e. The van der Waals surface area contributed by atoms with E-state index in [1.807, 2.05) is 0 Å². The molecule has 0 aliphatic carbocycles. The molecule has 1 N–H and O–H groups in total. The molecule has 0 spiro atoms. The predicted molar refractivity (Wildman–Crippen MR) is 34.9 cm³/mol. The normalized spacial score (nSPS) is 9.67. The van der Waals surface area contributed by atoms with Crippen LogP contribution in [0, 0.1) is 17.5 Å². The minimum absolute atomic E-state index is 0.111. The van der Waals surface area contributed by atoms with E-state index >= 15 is 0 Å². The zero-order valence-corrected chi connectivity index (χ0v) is 5.72. The summed E-state index contributed by atoms with van der Waals surface area (Å²) in [5.74, 6) is -4.30. The molecular weight excluding hydrogens is 172 g/mol. The summed E-state index contributed by atoms with van der Waals surface area (Å²) in [6.45, 7) is 0. The summed E-state index contributed by atoms with van der Waals surface area (Å²) in [5, 5.41) is 8.06. The van der Waals surface area contributed by atoms with Crippen molar-refractivity contribution in [3.8, 4) is 5.75 Å². The average molecular weight is 175 g/mol. The van der Waals surface area contributed by atoms with Crippen molar-refractivity contribution in [1.29, 1.82) is 0 Å². The van der Waals surface area contributed by atoms with Gasteiger partial charge in [0.15, 0.2) is 17.4 Å². The van der Waals surface area contributed by atoms with Crippen LogP contribution < -0.4 is 4.65 Å². The molecule has 0 atom stereocenters. The Labute approximate surface area is 66.9 Å². The van der Waals surface area contributed by atoms with Gasteiger partial charge < -0.3 is 9.68 Å². The van der Waals surface area contributed by atoms with Gasteiger partial charge in [0.25, 0.3) is 0 Å². The number of hydrogen-bond donors (Lipinski definition) is 1. The van der Waals surface area contributed by atoms with E-state index < -0.39 is 23.2 Å². The minimum Gasteiger partial charge on any atom is -0.533 e. The molecule has 0 unspecified atom stereocenters. The van der Waals surface area contributed by atoms with E-state index in [2.05, 4.69) is 4.65 Å². The molecule has 1 radical (unpaired) electrons. The van der Waals surface area contributed by atoms with Crippen LogP contribution in [0.1, 0.15) is 0 Å². The number of halogens is 3. The van der Waals surface area contributed by atoms with Crippen LogP contribution >= 0.6 is 0 Å². The summed E-state index contributed by atoms with van der Waals surface area (Å²) < 4.78 is 41.4. The van der Waals surface area contributed by atoms with Gasteiger partial charge in [-0.15, -0.1) is 0 Å². The summed E-state index contributed by atoms with van der Waals surface area (Å²) in [5.41, 5.74) is 0. The van der Waals surface area contributed by atoms with Crippen molar-refractivity contribution >= 4 is 7.69 Å². The Morgan fingerprint density at radius 3 is 2.08 bits per heavy atom. The molecule has 0 amide bonds. The van der Waals surface area contributed by atoms with Gasteiger partial charge in [0.05, 0.1) is 0 Å². The third-order valence-corrected chi connectivity index (χ3v) is 1.13. The lowest BCUT2D eigenvalue weighted by atomic mass is 10.3. The monoisotopic (exact) mass is 175 g/mol. The molecule has 1 aromatic rings. The molecule has 6 heteroatoms. The Balaban J connectivity index is 3.10. The maximum absolute atomic E-state index is 12.6. The van der Waals surface area contributed by atoms with Crippen LogP contribution in [0.5, 0.6) is 5.75 Å². The topological polar surface area (TPSA) is 29.5 Å². The minimum atomic E-state index is -1.21. The fraction of sp³-hybridized carbons (Fsp3) is 0. The number of hydrogen-bond acceptors (Lipinski definition) is 2. The molecule has 0 heterocycles. The highest BCUT2D eigenvalue weighted by atomic mass is 19.1.